The van der Waals surface area contributed by atoms with Crippen molar-refractivity contribution in [3.63, 3.8) is 0 Å². The first-order chi connectivity index (χ1) is 8.96. The van der Waals surface area contributed by atoms with E-state index in [2.05, 4.69) is 29.4 Å². The van der Waals surface area contributed by atoms with Crippen LogP contribution in [0.4, 0.5) is 0 Å². The van der Waals surface area contributed by atoms with Crippen molar-refractivity contribution in [1.29, 1.82) is 0 Å². The first kappa shape index (κ1) is 14.5. The van der Waals surface area contributed by atoms with Crippen LogP contribution < -0.4 is 5.32 Å². The van der Waals surface area contributed by atoms with Crippen LogP contribution in [-0.4, -0.2) is 43.1 Å². The number of rotatable bonds is 4. The van der Waals surface area contributed by atoms with E-state index < -0.39 is 10.0 Å². The van der Waals surface area contributed by atoms with Crippen LogP contribution >= 0.6 is 0 Å². The topological polar surface area (TPSA) is 78.1 Å². The second-order valence-electron chi connectivity index (χ2n) is 5.36. The summed E-state index contributed by atoms with van der Waals surface area (Å²) in [5.41, 5.74) is 0.689. The van der Waals surface area contributed by atoms with Crippen LogP contribution in [-0.2, 0) is 16.6 Å². The Hall–Kier alpha value is -0.920. The first-order valence-electron chi connectivity index (χ1n) is 6.63. The van der Waals surface area contributed by atoms with Gasteiger partial charge < -0.3 is 5.32 Å². The zero-order valence-corrected chi connectivity index (χ0v) is 12.5. The van der Waals surface area contributed by atoms with Gasteiger partial charge in [0.2, 0.25) is 0 Å². The van der Waals surface area contributed by atoms with Crippen LogP contribution in [0.2, 0.25) is 0 Å². The molecule has 6 nitrogen and oxygen atoms in total. The molecule has 108 valence electrons. The number of nitrogens with one attached hydrogen (secondary N) is 2. The Balaban J connectivity index is 2.25. The average molecular weight is 286 g/mol. The van der Waals surface area contributed by atoms with E-state index in [1.165, 1.54) is 0 Å². The molecule has 0 saturated carbocycles. The lowest BCUT2D eigenvalue weighted by Crippen LogP contribution is -2.42. The summed E-state index contributed by atoms with van der Waals surface area (Å²) in [7, 11) is -1.67. The monoisotopic (exact) mass is 286 g/mol. The minimum absolute atomic E-state index is 0.226. The number of hydrogen-bond acceptors (Lipinski definition) is 4. The highest BCUT2D eigenvalue weighted by molar-refractivity contribution is 7.89. The number of hydrogen-bond donors (Lipinski definition) is 2. The van der Waals surface area contributed by atoms with Gasteiger partial charge in [0, 0.05) is 25.2 Å². The normalized spacial score (nSPS) is 25.6. The molecular weight excluding hydrogens is 264 g/mol. The van der Waals surface area contributed by atoms with Crippen molar-refractivity contribution < 1.29 is 8.42 Å². The van der Waals surface area contributed by atoms with Crippen molar-refractivity contribution >= 4 is 10.0 Å². The molecule has 2 atom stereocenters. The van der Waals surface area contributed by atoms with E-state index in [-0.39, 0.29) is 5.03 Å². The minimum atomic E-state index is -3.45. The summed E-state index contributed by atoms with van der Waals surface area (Å²) in [5.74, 6) is 0.962. The fourth-order valence-electron chi connectivity index (χ4n) is 2.41. The Morgan fingerprint density at radius 2 is 2.21 bits per heavy atom. The molecule has 1 aromatic heterocycles. The van der Waals surface area contributed by atoms with Gasteiger partial charge in [0.05, 0.1) is 6.20 Å². The van der Waals surface area contributed by atoms with Crippen molar-refractivity contribution in [3.8, 4) is 0 Å². The third-order valence-electron chi connectivity index (χ3n) is 3.94. The summed E-state index contributed by atoms with van der Waals surface area (Å²) in [5, 5.41) is 9.68. The molecule has 19 heavy (non-hydrogen) atoms. The zero-order valence-electron chi connectivity index (χ0n) is 11.7. The van der Waals surface area contributed by atoms with Gasteiger partial charge in [0.1, 0.15) is 0 Å². The standard InChI is InChI=1S/C12H22N4O2S/c1-9-4-5-16(8-10(9)2)19(17,18)12-11(6-13-3)7-14-15-12/h7,9-10,13H,4-6,8H2,1-3H3,(H,14,15). The first-order valence-corrected chi connectivity index (χ1v) is 8.07. The maximum Gasteiger partial charge on any atom is 0.260 e. The molecule has 0 bridgehead atoms. The van der Waals surface area contributed by atoms with E-state index in [1.54, 1.807) is 17.5 Å². The van der Waals surface area contributed by atoms with Crippen LogP contribution in [0.5, 0.6) is 0 Å². The van der Waals surface area contributed by atoms with Gasteiger partial charge in [-0.2, -0.15) is 9.40 Å². The van der Waals surface area contributed by atoms with E-state index in [9.17, 15) is 8.42 Å². The fraction of sp³-hybridized carbons (Fsp3) is 0.750. The molecule has 0 aliphatic carbocycles. The van der Waals surface area contributed by atoms with Gasteiger partial charge >= 0.3 is 0 Å². The average Bonchev–Trinajstić information content (AvgIpc) is 2.82. The second-order valence-corrected chi connectivity index (χ2v) is 7.24. The largest absolute Gasteiger partial charge is 0.316 e. The van der Waals surface area contributed by atoms with Crippen molar-refractivity contribution in [2.75, 3.05) is 20.1 Å². The van der Waals surface area contributed by atoms with Gasteiger partial charge in [-0.3, -0.25) is 5.10 Å². The van der Waals surface area contributed by atoms with Crippen molar-refractivity contribution in [2.45, 2.75) is 31.8 Å². The smallest absolute Gasteiger partial charge is 0.260 e. The molecule has 0 radical (unpaired) electrons. The third-order valence-corrected chi connectivity index (χ3v) is 5.82. The van der Waals surface area contributed by atoms with Crippen LogP contribution in [0.1, 0.15) is 25.8 Å². The van der Waals surface area contributed by atoms with E-state index in [4.69, 9.17) is 0 Å². The summed E-state index contributed by atoms with van der Waals surface area (Å²) in [6.07, 6.45) is 2.48. The van der Waals surface area contributed by atoms with Crippen LogP contribution in [0.3, 0.4) is 0 Å². The summed E-state index contributed by atoms with van der Waals surface area (Å²) in [6.45, 7) is 5.95. The number of piperidine rings is 1. The lowest BCUT2D eigenvalue weighted by atomic mass is 9.90. The minimum Gasteiger partial charge on any atom is -0.316 e. The quantitative estimate of drug-likeness (QED) is 0.858. The van der Waals surface area contributed by atoms with E-state index in [0.717, 1.165) is 6.42 Å². The summed E-state index contributed by atoms with van der Waals surface area (Å²) < 4.78 is 26.8. The second kappa shape index (κ2) is 5.60. The Morgan fingerprint density at radius 3 is 2.84 bits per heavy atom. The highest BCUT2D eigenvalue weighted by Crippen LogP contribution is 2.27. The molecule has 2 unspecified atom stereocenters. The fourth-order valence-corrected chi connectivity index (χ4v) is 4.07. The molecule has 1 aromatic rings. The van der Waals surface area contributed by atoms with Crippen LogP contribution in [0.25, 0.3) is 0 Å². The molecule has 2 N–H and O–H groups in total. The lowest BCUT2D eigenvalue weighted by molar-refractivity contribution is 0.212. The number of aromatic nitrogens is 2. The van der Waals surface area contributed by atoms with E-state index in [1.807, 2.05) is 0 Å². The molecule has 1 aliphatic heterocycles. The van der Waals surface area contributed by atoms with Crippen LogP contribution in [0, 0.1) is 11.8 Å². The molecule has 1 saturated heterocycles. The molecule has 1 aliphatic rings. The van der Waals surface area contributed by atoms with Gasteiger partial charge in [-0.15, -0.1) is 0 Å². The number of aromatic amines is 1. The van der Waals surface area contributed by atoms with Gasteiger partial charge in [-0.1, -0.05) is 13.8 Å². The molecule has 2 heterocycles. The third kappa shape index (κ3) is 2.82. The highest BCUT2D eigenvalue weighted by Gasteiger charge is 2.33. The maximum absolute atomic E-state index is 12.6. The summed E-state index contributed by atoms with van der Waals surface area (Å²) >= 11 is 0. The zero-order chi connectivity index (χ0) is 14.0. The Morgan fingerprint density at radius 1 is 1.47 bits per heavy atom. The SMILES string of the molecule is CNCc1cn[nH]c1S(=O)(=O)N1CCC(C)C(C)C1. The van der Waals surface area contributed by atoms with Crippen molar-refractivity contribution in [2.24, 2.45) is 11.8 Å². The van der Waals surface area contributed by atoms with Crippen molar-refractivity contribution in [1.82, 2.24) is 19.8 Å². The van der Waals surface area contributed by atoms with Gasteiger partial charge in [0.15, 0.2) is 5.03 Å². The van der Waals surface area contributed by atoms with Crippen molar-refractivity contribution in [3.05, 3.63) is 11.8 Å². The van der Waals surface area contributed by atoms with E-state index >= 15 is 0 Å². The van der Waals surface area contributed by atoms with Crippen LogP contribution in [0.15, 0.2) is 11.2 Å². The summed E-state index contributed by atoms with van der Waals surface area (Å²) in [4.78, 5) is 0. The molecule has 0 spiro atoms. The predicted molar refractivity (Wildman–Crippen MR) is 73.1 cm³/mol. The predicted octanol–water partition coefficient (Wildman–Crippen LogP) is 0.796. The van der Waals surface area contributed by atoms with Gasteiger partial charge in [-0.05, 0) is 25.3 Å². The summed E-state index contributed by atoms with van der Waals surface area (Å²) in [6, 6.07) is 0. The van der Waals surface area contributed by atoms with E-state index in [0.29, 0.717) is 37.0 Å². The number of sulfonamides is 1. The number of nitrogens with zero attached hydrogens (tertiary/aromatic N) is 2. The number of H-pyrrole nitrogens is 1. The molecular formula is C12H22N4O2S. The van der Waals surface area contributed by atoms with Gasteiger partial charge in [-0.25, -0.2) is 8.42 Å². The Kier molecular flexibility index (Phi) is 4.27. The molecule has 0 amide bonds. The Labute approximate surface area is 114 Å². The molecule has 2 rings (SSSR count). The Bertz CT molecular complexity index is 526. The van der Waals surface area contributed by atoms with Gasteiger partial charge in [0.25, 0.3) is 10.0 Å². The molecule has 1 fully saturated rings. The maximum atomic E-state index is 12.6. The molecule has 7 heteroatoms. The highest BCUT2D eigenvalue weighted by atomic mass is 32.2. The lowest BCUT2D eigenvalue weighted by Gasteiger charge is -2.34. The molecule has 0 aromatic carbocycles.